The molecule has 1 aromatic rings. The number of rotatable bonds is 4. The van der Waals surface area contributed by atoms with Gasteiger partial charge in [-0.15, -0.1) is 24.2 Å². The highest BCUT2D eigenvalue weighted by atomic mass is 35.5. The van der Waals surface area contributed by atoms with Crippen LogP contribution in [0.15, 0.2) is 29.2 Å². The molecule has 2 heterocycles. The molecule has 3 atom stereocenters. The normalized spacial score (nSPS) is 24.5. The van der Waals surface area contributed by atoms with Crippen molar-refractivity contribution in [3.05, 3.63) is 24.3 Å². The zero-order chi connectivity index (χ0) is 15.5. The van der Waals surface area contributed by atoms with E-state index in [9.17, 15) is 4.79 Å². The van der Waals surface area contributed by atoms with Gasteiger partial charge in [-0.05, 0) is 63.3 Å². The summed E-state index contributed by atoms with van der Waals surface area (Å²) in [7, 11) is 0. The zero-order valence-electron chi connectivity index (χ0n) is 13.7. The van der Waals surface area contributed by atoms with E-state index in [0.29, 0.717) is 12.1 Å². The molecule has 128 valence electrons. The monoisotopic (exact) mass is 356 g/mol. The van der Waals surface area contributed by atoms with Crippen LogP contribution in [0.3, 0.4) is 0 Å². The molecule has 4 nitrogen and oxygen atoms in total. The third-order valence-electron chi connectivity index (χ3n) is 4.63. The van der Waals surface area contributed by atoms with Gasteiger partial charge in [0.1, 0.15) is 5.75 Å². The van der Waals surface area contributed by atoms with Gasteiger partial charge in [0.05, 0.1) is 0 Å². The van der Waals surface area contributed by atoms with Crippen molar-refractivity contribution in [2.75, 3.05) is 19.3 Å². The average Bonchev–Trinajstić information content (AvgIpc) is 2.80. The third-order valence-corrected chi connectivity index (χ3v) is 5.37. The summed E-state index contributed by atoms with van der Waals surface area (Å²) >= 11 is 1.70. The number of nitrogens with zero attached hydrogens (tertiary/aromatic N) is 1. The van der Waals surface area contributed by atoms with E-state index < -0.39 is 6.10 Å². The van der Waals surface area contributed by atoms with Crippen LogP contribution in [0.5, 0.6) is 5.75 Å². The molecule has 0 aromatic heterocycles. The Balaban J connectivity index is 0.00000192. The van der Waals surface area contributed by atoms with Crippen LogP contribution in [0.4, 0.5) is 0 Å². The Kier molecular flexibility index (Phi) is 6.62. The first kappa shape index (κ1) is 18.4. The maximum Gasteiger partial charge on any atom is 0.263 e. The summed E-state index contributed by atoms with van der Waals surface area (Å²) < 4.78 is 5.87. The lowest BCUT2D eigenvalue weighted by molar-refractivity contribution is -0.140. The Morgan fingerprint density at radius 2 is 1.96 bits per heavy atom. The van der Waals surface area contributed by atoms with Gasteiger partial charge in [-0.25, -0.2) is 0 Å². The van der Waals surface area contributed by atoms with E-state index in [-0.39, 0.29) is 18.3 Å². The number of halogens is 1. The van der Waals surface area contributed by atoms with Gasteiger partial charge in [0.25, 0.3) is 5.91 Å². The van der Waals surface area contributed by atoms with Gasteiger partial charge in [0, 0.05) is 23.5 Å². The fraction of sp³-hybridized carbons (Fsp3) is 0.588. The van der Waals surface area contributed by atoms with E-state index in [1.54, 1.807) is 11.8 Å². The molecule has 2 bridgehead atoms. The molecule has 3 unspecified atom stereocenters. The van der Waals surface area contributed by atoms with Crippen LogP contribution in [0.25, 0.3) is 0 Å². The van der Waals surface area contributed by atoms with Crippen molar-refractivity contribution in [1.29, 1.82) is 0 Å². The lowest BCUT2D eigenvalue weighted by Crippen LogP contribution is -2.48. The number of benzene rings is 1. The molecule has 1 N–H and O–H groups in total. The molecule has 2 aliphatic heterocycles. The number of ether oxygens (including phenoxy) is 1. The summed E-state index contributed by atoms with van der Waals surface area (Å²) in [6, 6.07) is 8.65. The highest BCUT2D eigenvalue weighted by Crippen LogP contribution is 2.29. The number of hydrogen-bond acceptors (Lipinski definition) is 4. The number of amides is 1. The van der Waals surface area contributed by atoms with Gasteiger partial charge in [0.2, 0.25) is 0 Å². The minimum absolute atomic E-state index is 0. The molecule has 3 rings (SSSR count). The number of carbonyl (C=O) groups is 1. The molecular weight excluding hydrogens is 332 g/mol. The van der Waals surface area contributed by atoms with Gasteiger partial charge >= 0.3 is 0 Å². The van der Waals surface area contributed by atoms with Crippen LogP contribution >= 0.6 is 24.2 Å². The summed E-state index contributed by atoms with van der Waals surface area (Å²) in [6.07, 6.45) is 4.91. The van der Waals surface area contributed by atoms with Crippen molar-refractivity contribution < 1.29 is 9.53 Å². The molecule has 0 aliphatic carbocycles. The van der Waals surface area contributed by atoms with E-state index in [1.165, 1.54) is 4.90 Å². The van der Waals surface area contributed by atoms with Crippen molar-refractivity contribution in [3.8, 4) is 5.75 Å². The second kappa shape index (κ2) is 8.27. The standard InChI is InChI=1S/C17H24N2O2S.ClH/c1-12(21-15-5-7-16(22-2)8-6-15)17(20)19-13-3-4-14(19)11-18-10-9-13;/h5-8,12-14,18H,3-4,9-11H2,1-2H3;1H. The van der Waals surface area contributed by atoms with E-state index in [4.69, 9.17) is 4.74 Å². The molecule has 2 saturated heterocycles. The van der Waals surface area contributed by atoms with Gasteiger partial charge < -0.3 is 15.0 Å². The Bertz CT molecular complexity index is 512. The smallest absolute Gasteiger partial charge is 0.263 e. The Morgan fingerprint density at radius 1 is 1.26 bits per heavy atom. The Labute approximate surface area is 148 Å². The van der Waals surface area contributed by atoms with Crippen LogP contribution in [0.1, 0.15) is 26.2 Å². The van der Waals surface area contributed by atoms with E-state index in [0.717, 1.165) is 38.1 Å². The molecule has 23 heavy (non-hydrogen) atoms. The Morgan fingerprint density at radius 3 is 2.65 bits per heavy atom. The van der Waals surface area contributed by atoms with Crippen LogP contribution in [0.2, 0.25) is 0 Å². The predicted octanol–water partition coefficient (Wildman–Crippen LogP) is 2.95. The van der Waals surface area contributed by atoms with Crippen molar-refractivity contribution in [1.82, 2.24) is 10.2 Å². The van der Waals surface area contributed by atoms with Gasteiger partial charge in [-0.1, -0.05) is 0 Å². The fourth-order valence-corrected chi connectivity index (χ4v) is 3.87. The first-order valence-electron chi connectivity index (χ1n) is 8.02. The van der Waals surface area contributed by atoms with Crippen molar-refractivity contribution >= 4 is 30.1 Å². The molecule has 0 saturated carbocycles. The van der Waals surface area contributed by atoms with Crippen LogP contribution in [0, 0.1) is 0 Å². The number of nitrogens with one attached hydrogen (secondary N) is 1. The first-order valence-corrected chi connectivity index (χ1v) is 9.25. The number of thioether (sulfide) groups is 1. The number of carbonyl (C=O) groups excluding carboxylic acids is 1. The summed E-state index contributed by atoms with van der Waals surface area (Å²) in [5.41, 5.74) is 0. The quantitative estimate of drug-likeness (QED) is 0.842. The minimum Gasteiger partial charge on any atom is -0.481 e. The molecular formula is C17H25ClN2O2S. The molecule has 0 radical (unpaired) electrons. The predicted molar refractivity (Wildman–Crippen MR) is 96.7 cm³/mol. The minimum atomic E-state index is -0.429. The summed E-state index contributed by atoms with van der Waals surface area (Å²) in [4.78, 5) is 16.1. The molecule has 2 fully saturated rings. The SMILES string of the molecule is CSc1ccc(OC(C)C(=O)N2C3CCNCC2CC3)cc1.Cl. The van der Waals surface area contributed by atoms with Crippen molar-refractivity contribution in [2.24, 2.45) is 0 Å². The lowest BCUT2D eigenvalue weighted by atomic mass is 10.1. The van der Waals surface area contributed by atoms with E-state index in [2.05, 4.69) is 10.2 Å². The maximum absolute atomic E-state index is 12.8. The second-order valence-corrected chi connectivity index (χ2v) is 6.94. The topological polar surface area (TPSA) is 41.6 Å². The lowest BCUT2D eigenvalue weighted by Gasteiger charge is -2.30. The average molecular weight is 357 g/mol. The fourth-order valence-electron chi connectivity index (χ4n) is 3.46. The highest BCUT2D eigenvalue weighted by molar-refractivity contribution is 7.98. The van der Waals surface area contributed by atoms with Crippen LogP contribution in [-0.4, -0.2) is 48.3 Å². The summed E-state index contributed by atoms with van der Waals surface area (Å²) in [5.74, 6) is 0.893. The maximum atomic E-state index is 12.8. The van der Waals surface area contributed by atoms with Crippen molar-refractivity contribution in [3.63, 3.8) is 0 Å². The molecule has 1 amide bonds. The van der Waals surface area contributed by atoms with Crippen LogP contribution < -0.4 is 10.1 Å². The molecule has 0 spiro atoms. The zero-order valence-corrected chi connectivity index (χ0v) is 15.3. The number of fused-ring (bicyclic) bond motifs is 2. The third kappa shape index (κ3) is 4.14. The Hall–Kier alpha value is -0.910. The van der Waals surface area contributed by atoms with Crippen LogP contribution in [-0.2, 0) is 4.79 Å². The van der Waals surface area contributed by atoms with Gasteiger partial charge in [-0.2, -0.15) is 0 Å². The summed E-state index contributed by atoms with van der Waals surface area (Å²) in [5, 5.41) is 3.43. The summed E-state index contributed by atoms with van der Waals surface area (Å²) in [6.45, 7) is 3.79. The van der Waals surface area contributed by atoms with E-state index in [1.807, 2.05) is 37.4 Å². The second-order valence-electron chi connectivity index (χ2n) is 6.06. The van der Waals surface area contributed by atoms with E-state index >= 15 is 0 Å². The molecule has 2 aliphatic rings. The van der Waals surface area contributed by atoms with Crippen molar-refractivity contribution in [2.45, 2.75) is 49.3 Å². The first-order chi connectivity index (χ1) is 10.7. The number of hydrogen-bond donors (Lipinski definition) is 1. The van der Waals surface area contributed by atoms with Gasteiger partial charge in [-0.3, -0.25) is 4.79 Å². The molecule has 1 aromatic carbocycles. The molecule has 6 heteroatoms. The van der Waals surface area contributed by atoms with Gasteiger partial charge in [0.15, 0.2) is 6.10 Å². The largest absolute Gasteiger partial charge is 0.481 e. The highest BCUT2D eigenvalue weighted by Gasteiger charge is 2.40.